The van der Waals surface area contributed by atoms with Crippen molar-refractivity contribution in [2.45, 2.75) is 24.4 Å². The normalized spacial score (nSPS) is 16.7. The molecule has 164 valence electrons. The summed E-state index contributed by atoms with van der Waals surface area (Å²) in [5, 5.41) is 12.4. The maximum absolute atomic E-state index is 13.4. The Balaban J connectivity index is 1.54. The molecule has 2 heterocycles. The molecule has 8 nitrogen and oxygen atoms in total. The summed E-state index contributed by atoms with van der Waals surface area (Å²) in [6.07, 6.45) is 2.05. The highest BCUT2D eigenvalue weighted by atomic mass is 32.2. The summed E-state index contributed by atoms with van der Waals surface area (Å²) < 4.78 is 65.0. The number of para-hydroxylation sites is 1. The summed E-state index contributed by atoms with van der Waals surface area (Å²) in [5.41, 5.74) is -3.83. The Hall–Kier alpha value is -3.28. The Morgan fingerprint density at radius 3 is 2.74 bits per heavy atom. The maximum Gasteiger partial charge on any atom is 0.516 e. The van der Waals surface area contributed by atoms with Gasteiger partial charge in [0.1, 0.15) is 0 Å². The van der Waals surface area contributed by atoms with Gasteiger partial charge < -0.3 is 10.6 Å². The highest BCUT2D eigenvalue weighted by molar-refractivity contribution is 7.93. The van der Waals surface area contributed by atoms with Gasteiger partial charge in [0.2, 0.25) is 0 Å². The monoisotopic (exact) mass is 453 g/mol. The van der Waals surface area contributed by atoms with E-state index in [-0.39, 0.29) is 18.7 Å². The van der Waals surface area contributed by atoms with E-state index in [1.165, 1.54) is 18.3 Å². The summed E-state index contributed by atoms with van der Waals surface area (Å²) in [5.74, 6) is 0. The number of carbonyl (C=O) groups excluding carboxylic acids is 1. The van der Waals surface area contributed by atoms with E-state index in [1.54, 1.807) is 30.3 Å². The van der Waals surface area contributed by atoms with Crippen LogP contribution in [0.2, 0.25) is 0 Å². The van der Waals surface area contributed by atoms with Crippen molar-refractivity contribution in [3.8, 4) is 0 Å². The van der Waals surface area contributed by atoms with Crippen molar-refractivity contribution >= 4 is 38.3 Å². The lowest BCUT2D eigenvalue weighted by Crippen LogP contribution is -2.53. The first kappa shape index (κ1) is 21.0. The quantitative estimate of drug-likeness (QED) is 0.563. The zero-order valence-electron chi connectivity index (χ0n) is 16.0. The molecule has 1 aromatic heterocycles. The summed E-state index contributed by atoms with van der Waals surface area (Å²) in [4.78, 5) is 12.4. The zero-order valence-corrected chi connectivity index (χ0v) is 16.8. The predicted molar refractivity (Wildman–Crippen MR) is 109 cm³/mol. The molecule has 0 aliphatic carbocycles. The second-order valence-electron chi connectivity index (χ2n) is 7.04. The fraction of sp³-hybridized carbons (Fsp3) is 0.263. The minimum atomic E-state index is -5.64. The maximum atomic E-state index is 13.4. The number of aromatic nitrogens is 2. The van der Waals surface area contributed by atoms with Gasteiger partial charge in [-0.2, -0.15) is 26.7 Å². The second-order valence-corrected chi connectivity index (χ2v) is 8.85. The zero-order chi connectivity index (χ0) is 22.2. The number of sulfonamides is 1. The molecule has 0 spiro atoms. The molecular formula is C19H18F3N5O3S. The number of hydrogen-bond donors (Lipinski definition) is 3. The number of fused-ring (bicyclic) bond motifs is 2. The van der Waals surface area contributed by atoms with Gasteiger partial charge in [-0.15, -0.1) is 0 Å². The van der Waals surface area contributed by atoms with Gasteiger partial charge in [0.25, 0.3) is 0 Å². The molecule has 12 heteroatoms. The summed E-state index contributed by atoms with van der Waals surface area (Å²) >= 11 is 0. The number of aromatic amines is 1. The lowest BCUT2D eigenvalue weighted by atomic mass is 9.98. The molecule has 1 aliphatic rings. The molecule has 0 fully saturated rings. The number of halogens is 3. The van der Waals surface area contributed by atoms with Crippen molar-refractivity contribution in [1.82, 2.24) is 15.5 Å². The smallest absolute Gasteiger partial charge is 0.336 e. The van der Waals surface area contributed by atoms with E-state index >= 15 is 0 Å². The van der Waals surface area contributed by atoms with Gasteiger partial charge in [0.05, 0.1) is 29.1 Å². The van der Waals surface area contributed by atoms with Crippen LogP contribution in [0.4, 0.5) is 29.3 Å². The van der Waals surface area contributed by atoms with Crippen LogP contribution in [0, 0.1) is 0 Å². The third-order valence-corrected chi connectivity index (χ3v) is 6.69. The number of H-pyrrole nitrogens is 1. The third-order valence-electron chi connectivity index (χ3n) is 5.09. The number of hydrogen-bond acceptors (Lipinski definition) is 4. The van der Waals surface area contributed by atoms with Crippen LogP contribution < -0.4 is 14.9 Å². The molecule has 3 aromatic rings. The Labute approximate surface area is 175 Å². The summed E-state index contributed by atoms with van der Waals surface area (Å²) in [6, 6.07) is 9.41. The largest absolute Gasteiger partial charge is 0.516 e. The molecule has 0 bridgehead atoms. The highest BCUT2D eigenvalue weighted by Crippen LogP contribution is 2.38. The van der Waals surface area contributed by atoms with E-state index in [1.807, 2.05) is 0 Å². The van der Waals surface area contributed by atoms with Crippen LogP contribution in [-0.2, 0) is 16.4 Å². The van der Waals surface area contributed by atoms with E-state index in [4.69, 9.17) is 0 Å². The number of anilines is 2. The van der Waals surface area contributed by atoms with Crippen LogP contribution in [0.5, 0.6) is 0 Å². The van der Waals surface area contributed by atoms with Gasteiger partial charge in [-0.3, -0.25) is 9.40 Å². The Morgan fingerprint density at radius 2 is 1.97 bits per heavy atom. The number of amides is 2. The number of nitrogens with zero attached hydrogens (tertiary/aromatic N) is 2. The SMILES string of the molecule is O=C(NCC1CCc2ccccc2N1S(=O)(=O)C(F)(F)F)Nc1cccc2[nH]ncc12. The number of aryl methyl sites for hydroxylation is 1. The second kappa shape index (κ2) is 7.76. The minimum Gasteiger partial charge on any atom is -0.336 e. The van der Waals surface area contributed by atoms with E-state index in [2.05, 4.69) is 20.8 Å². The molecule has 1 unspecified atom stereocenters. The minimum absolute atomic E-state index is 0.0264. The summed E-state index contributed by atoms with van der Waals surface area (Å²) in [7, 11) is -5.64. The Bertz CT molecular complexity index is 1230. The first-order valence-electron chi connectivity index (χ1n) is 9.34. The van der Waals surface area contributed by atoms with Crippen molar-refractivity contribution < 1.29 is 26.4 Å². The van der Waals surface area contributed by atoms with Crippen LogP contribution in [0.1, 0.15) is 12.0 Å². The number of nitrogens with one attached hydrogen (secondary N) is 3. The Morgan fingerprint density at radius 1 is 1.19 bits per heavy atom. The number of alkyl halides is 3. The Kier molecular flexibility index (Phi) is 5.25. The van der Waals surface area contributed by atoms with Gasteiger partial charge in [-0.05, 0) is 36.6 Å². The average molecular weight is 453 g/mol. The highest BCUT2D eigenvalue weighted by Gasteiger charge is 2.53. The molecule has 2 amide bonds. The molecule has 0 saturated heterocycles. The predicted octanol–water partition coefficient (Wildman–Crippen LogP) is 3.36. The van der Waals surface area contributed by atoms with Crippen LogP contribution in [-0.4, -0.2) is 42.7 Å². The molecule has 0 saturated carbocycles. The van der Waals surface area contributed by atoms with E-state index in [0.717, 1.165) is 0 Å². The number of carbonyl (C=O) groups is 1. The van der Waals surface area contributed by atoms with Crippen LogP contribution in [0.25, 0.3) is 10.9 Å². The van der Waals surface area contributed by atoms with E-state index in [9.17, 15) is 26.4 Å². The number of urea groups is 1. The van der Waals surface area contributed by atoms with Gasteiger partial charge >= 0.3 is 21.6 Å². The fourth-order valence-electron chi connectivity index (χ4n) is 3.65. The standard InChI is InChI=1S/C19H18F3N5O3S/c20-19(21,22)31(29,30)27-13(9-8-12-4-1-2-7-17(12)27)10-23-18(28)25-15-5-3-6-16-14(15)11-24-26-16/h1-7,11,13H,8-10H2,(H,24,26)(H2,23,25,28). The van der Waals surface area contributed by atoms with Crippen molar-refractivity contribution in [1.29, 1.82) is 0 Å². The van der Waals surface area contributed by atoms with Crippen LogP contribution in [0.3, 0.4) is 0 Å². The molecule has 3 N–H and O–H groups in total. The molecule has 0 radical (unpaired) electrons. The number of benzene rings is 2. The summed E-state index contributed by atoms with van der Waals surface area (Å²) in [6.45, 7) is -0.295. The van der Waals surface area contributed by atoms with E-state index < -0.39 is 27.6 Å². The van der Waals surface area contributed by atoms with Crippen molar-refractivity contribution in [2.75, 3.05) is 16.2 Å². The van der Waals surface area contributed by atoms with Crippen molar-refractivity contribution in [3.63, 3.8) is 0 Å². The molecule has 1 atom stereocenters. The molecule has 31 heavy (non-hydrogen) atoms. The van der Waals surface area contributed by atoms with Crippen molar-refractivity contribution in [3.05, 3.63) is 54.2 Å². The molecule has 1 aliphatic heterocycles. The number of rotatable bonds is 4. The third kappa shape index (κ3) is 3.90. The van der Waals surface area contributed by atoms with E-state index in [0.29, 0.717) is 32.9 Å². The van der Waals surface area contributed by atoms with Gasteiger partial charge in [-0.25, -0.2) is 4.79 Å². The van der Waals surface area contributed by atoms with Gasteiger partial charge in [-0.1, -0.05) is 24.3 Å². The van der Waals surface area contributed by atoms with Gasteiger partial charge in [0.15, 0.2) is 0 Å². The fourth-order valence-corrected chi connectivity index (χ4v) is 4.88. The van der Waals surface area contributed by atoms with Gasteiger partial charge in [0, 0.05) is 11.9 Å². The van der Waals surface area contributed by atoms with Crippen LogP contribution in [0.15, 0.2) is 48.7 Å². The molecule has 4 rings (SSSR count). The first-order chi connectivity index (χ1) is 14.7. The van der Waals surface area contributed by atoms with Crippen LogP contribution >= 0.6 is 0 Å². The lowest BCUT2D eigenvalue weighted by Gasteiger charge is -2.38. The topological polar surface area (TPSA) is 107 Å². The lowest BCUT2D eigenvalue weighted by molar-refractivity contribution is -0.0441. The average Bonchev–Trinajstić information content (AvgIpc) is 3.20. The molecule has 2 aromatic carbocycles. The van der Waals surface area contributed by atoms with Crippen molar-refractivity contribution in [2.24, 2.45) is 0 Å². The first-order valence-corrected chi connectivity index (χ1v) is 10.8. The molecular weight excluding hydrogens is 435 g/mol.